The minimum absolute atomic E-state index is 1.15. The summed E-state index contributed by atoms with van der Waals surface area (Å²) < 4.78 is 0. The Morgan fingerprint density at radius 1 is 1.38 bits per heavy atom. The van der Waals surface area contributed by atoms with Gasteiger partial charge in [-0.2, -0.15) is 0 Å². The van der Waals surface area contributed by atoms with Crippen LogP contribution in [0.5, 0.6) is 0 Å². The highest BCUT2D eigenvalue weighted by atomic mass is 79.9. The molecule has 0 saturated heterocycles. The maximum atomic E-state index is 3.38. The van der Waals surface area contributed by atoms with Crippen molar-refractivity contribution in [1.29, 1.82) is 0 Å². The normalized spacial score (nSPS) is 9.75. The zero-order chi connectivity index (χ0) is 6.24. The smallest absolute Gasteiger partial charge is 0.00314 e. The lowest BCUT2D eigenvalue weighted by molar-refractivity contribution is 0.802. The van der Waals surface area contributed by atoms with E-state index in [-0.39, 0.29) is 0 Å². The lowest BCUT2D eigenvalue weighted by atomic mass is 10.2. The standard InChI is InChI=1S/C7H14Br/c1-2-3-4-5-6-7-8/h4H,2-3,5-7H2,1H3. The predicted molar refractivity (Wildman–Crippen MR) is 42.2 cm³/mol. The molecule has 0 bridgehead atoms. The van der Waals surface area contributed by atoms with E-state index in [9.17, 15) is 0 Å². The van der Waals surface area contributed by atoms with Crippen LogP contribution < -0.4 is 0 Å². The average molecular weight is 178 g/mol. The third-order valence-electron chi connectivity index (χ3n) is 1.03. The highest BCUT2D eigenvalue weighted by molar-refractivity contribution is 9.09. The molecule has 0 aromatic heterocycles. The summed E-state index contributed by atoms with van der Waals surface area (Å²) in [5.41, 5.74) is 0. The molecule has 0 unspecified atom stereocenters. The Balaban J connectivity index is 2.53. The Bertz CT molecular complexity index is 29.4. The molecule has 1 heteroatoms. The molecule has 8 heavy (non-hydrogen) atoms. The van der Waals surface area contributed by atoms with Crippen molar-refractivity contribution in [1.82, 2.24) is 0 Å². The summed E-state index contributed by atoms with van der Waals surface area (Å²) in [6.45, 7) is 2.21. The van der Waals surface area contributed by atoms with Gasteiger partial charge in [0.1, 0.15) is 0 Å². The van der Waals surface area contributed by atoms with Gasteiger partial charge in [0.25, 0.3) is 0 Å². The molecule has 0 amide bonds. The fourth-order valence-electron chi connectivity index (χ4n) is 0.570. The molecule has 0 aromatic rings. The molecule has 0 aliphatic rings. The first-order valence-electron chi connectivity index (χ1n) is 3.29. The first kappa shape index (κ1) is 8.48. The number of alkyl halides is 1. The topological polar surface area (TPSA) is 0 Å². The summed E-state index contributed by atoms with van der Waals surface area (Å²) >= 11 is 3.38. The van der Waals surface area contributed by atoms with Crippen LogP contribution in [0, 0.1) is 6.42 Å². The van der Waals surface area contributed by atoms with Crippen molar-refractivity contribution in [2.45, 2.75) is 32.6 Å². The van der Waals surface area contributed by atoms with Crippen LogP contribution in [0.25, 0.3) is 0 Å². The third kappa shape index (κ3) is 6.48. The van der Waals surface area contributed by atoms with Gasteiger partial charge in [0.2, 0.25) is 0 Å². The van der Waals surface area contributed by atoms with Gasteiger partial charge in [-0.15, -0.1) is 0 Å². The van der Waals surface area contributed by atoms with E-state index in [1.54, 1.807) is 0 Å². The van der Waals surface area contributed by atoms with Crippen LogP contribution in [0.1, 0.15) is 32.6 Å². The van der Waals surface area contributed by atoms with E-state index in [4.69, 9.17) is 0 Å². The van der Waals surface area contributed by atoms with E-state index in [0.717, 1.165) is 5.33 Å². The maximum absolute atomic E-state index is 3.38. The minimum atomic E-state index is 1.15. The highest BCUT2D eigenvalue weighted by Crippen LogP contribution is 2.01. The van der Waals surface area contributed by atoms with Crippen LogP contribution in [0.2, 0.25) is 0 Å². The molecular weight excluding hydrogens is 164 g/mol. The van der Waals surface area contributed by atoms with Gasteiger partial charge in [-0.05, 0) is 19.3 Å². The molecule has 1 radical (unpaired) electrons. The van der Waals surface area contributed by atoms with Crippen molar-refractivity contribution in [3.8, 4) is 0 Å². The van der Waals surface area contributed by atoms with Crippen molar-refractivity contribution >= 4 is 15.9 Å². The van der Waals surface area contributed by atoms with E-state index in [1.807, 2.05) is 0 Å². The summed E-state index contributed by atoms with van der Waals surface area (Å²) in [5.74, 6) is 0. The van der Waals surface area contributed by atoms with E-state index in [0.29, 0.717) is 0 Å². The molecule has 0 fully saturated rings. The maximum Gasteiger partial charge on any atom is 0.00314 e. The SMILES string of the molecule is CCC[CH]CCCBr. The molecule has 0 aliphatic carbocycles. The van der Waals surface area contributed by atoms with Gasteiger partial charge < -0.3 is 0 Å². The van der Waals surface area contributed by atoms with Crippen LogP contribution in [-0.4, -0.2) is 5.33 Å². The van der Waals surface area contributed by atoms with Crippen molar-refractivity contribution in [2.75, 3.05) is 5.33 Å². The van der Waals surface area contributed by atoms with Crippen LogP contribution in [0.15, 0.2) is 0 Å². The summed E-state index contributed by atoms with van der Waals surface area (Å²) in [6.07, 6.45) is 7.51. The van der Waals surface area contributed by atoms with Gasteiger partial charge in [-0.1, -0.05) is 35.7 Å². The van der Waals surface area contributed by atoms with Crippen LogP contribution >= 0.6 is 15.9 Å². The Morgan fingerprint density at radius 3 is 2.62 bits per heavy atom. The van der Waals surface area contributed by atoms with Crippen molar-refractivity contribution in [3.05, 3.63) is 6.42 Å². The molecule has 0 nitrogen and oxygen atoms in total. The van der Waals surface area contributed by atoms with Gasteiger partial charge >= 0.3 is 0 Å². The zero-order valence-electron chi connectivity index (χ0n) is 5.49. The Hall–Kier alpha value is 0.480. The first-order valence-corrected chi connectivity index (χ1v) is 4.41. The van der Waals surface area contributed by atoms with Crippen LogP contribution in [0.3, 0.4) is 0 Å². The van der Waals surface area contributed by atoms with E-state index < -0.39 is 0 Å². The largest absolute Gasteiger partial charge is 0.0928 e. The monoisotopic (exact) mass is 177 g/mol. The van der Waals surface area contributed by atoms with Crippen molar-refractivity contribution in [3.63, 3.8) is 0 Å². The van der Waals surface area contributed by atoms with Crippen LogP contribution in [0.4, 0.5) is 0 Å². The second-order valence-electron chi connectivity index (χ2n) is 1.91. The molecule has 0 saturated carbocycles. The minimum Gasteiger partial charge on any atom is -0.0928 e. The van der Waals surface area contributed by atoms with Gasteiger partial charge in [-0.3, -0.25) is 0 Å². The second-order valence-corrected chi connectivity index (χ2v) is 2.70. The second kappa shape index (κ2) is 7.48. The number of unbranched alkanes of at least 4 members (excludes halogenated alkanes) is 4. The van der Waals surface area contributed by atoms with Gasteiger partial charge in [-0.25, -0.2) is 0 Å². The molecule has 0 heterocycles. The molecule has 0 aliphatic heterocycles. The fraction of sp³-hybridized carbons (Fsp3) is 0.857. The Morgan fingerprint density at radius 2 is 2.12 bits per heavy atom. The van der Waals surface area contributed by atoms with Crippen LogP contribution in [-0.2, 0) is 0 Å². The lowest BCUT2D eigenvalue weighted by Gasteiger charge is -1.92. The predicted octanol–water partition coefficient (Wildman–Crippen LogP) is 3.17. The first-order chi connectivity index (χ1) is 3.91. The number of hydrogen-bond acceptors (Lipinski definition) is 0. The van der Waals surface area contributed by atoms with Crippen molar-refractivity contribution < 1.29 is 0 Å². The van der Waals surface area contributed by atoms with Gasteiger partial charge in [0.05, 0.1) is 0 Å². The molecule has 0 N–H and O–H groups in total. The lowest BCUT2D eigenvalue weighted by Crippen LogP contribution is -1.77. The Kier molecular flexibility index (Phi) is 7.93. The van der Waals surface area contributed by atoms with Gasteiger partial charge in [0, 0.05) is 5.33 Å². The quantitative estimate of drug-likeness (QED) is 0.448. The number of rotatable bonds is 5. The molecule has 0 atom stereocenters. The van der Waals surface area contributed by atoms with E-state index in [1.165, 1.54) is 25.7 Å². The summed E-state index contributed by atoms with van der Waals surface area (Å²) in [5, 5.41) is 1.15. The zero-order valence-corrected chi connectivity index (χ0v) is 7.08. The molecular formula is C7H14Br. The third-order valence-corrected chi connectivity index (χ3v) is 1.60. The molecule has 0 rings (SSSR count). The number of halogens is 1. The summed E-state index contributed by atoms with van der Waals surface area (Å²) in [6, 6.07) is 0. The average Bonchev–Trinajstić information content (AvgIpc) is 1.81. The Labute approximate surface area is 60.8 Å². The molecule has 0 spiro atoms. The van der Waals surface area contributed by atoms with Gasteiger partial charge in [0.15, 0.2) is 0 Å². The fourth-order valence-corrected chi connectivity index (χ4v) is 0.894. The highest BCUT2D eigenvalue weighted by Gasteiger charge is 1.84. The molecule has 49 valence electrons. The van der Waals surface area contributed by atoms with E-state index >= 15 is 0 Å². The molecule has 0 aromatic carbocycles. The summed E-state index contributed by atoms with van der Waals surface area (Å²) in [4.78, 5) is 0. The number of hydrogen-bond donors (Lipinski definition) is 0. The summed E-state index contributed by atoms with van der Waals surface area (Å²) in [7, 11) is 0. The van der Waals surface area contributed by atoms with Crippen molar-refractivity contribution in [2.24, 2.45) is 0 Å². The van der Waals surface area contributed by atoms with E-state index in [2.05, 4.69) is 29.3 Å².